The van der Waals surface area contributed by atoms with Gasteiger partial charge in [-0.25, -0.2) is 4.39 Å². The largest absolute Gasteiger partial charge is 0.390 e. The van der Waals surface area contributed by atoms with Crippen LogP contribution in [0.4, 0.5) is 4.39 Å². The summed E-state index contributed by atoms with van der Waals surface area (Å²) in [6.07, 6.45) is 4.08. The number of rotatable bonds is 3. The van der Waals surface area contributed by atoms with Crippen LogP contribution in [0, 0.1) is 11.2 Å². The topological polar surface area (TPSA) is 32.3 Å². The van der Waals surface area contributed by atoms with Gasteiger partial charge in [-0.2, -0.15) is 0 Å². The van der Waals surface area contributed by atoms with Gasteiger partial charge in [0.1, 0.15) is 5.82 Å². The van der Waals surface area contributed by atoms with E-state index in [1.807, 2.05) is 6.20 Å². The summed E-state index contributed by atoms with van der Waals surface area (Å²) in [6.45, 7) is 2.93. The second-order valence-corrected chi connectivity index (χ2v) is 4.64. The van der Waals surface area contributed by atoms with E-state index in [9.17, 15) is 9.50 Å². The Hall–Kier alpha value is -1.35. The molecule has 2 unspecified atom stereocenters. The molecule has 1 aromatic rings. The predicted molar refractivity (Wildman–Crippen MR) is 61.2 cm³/mol. The van der Waals surface area contributed by atoms with Crippen molar-refractivity contribution in [1.82, 2.24) is 5.32 Å². The molecular weight excluding hydrogens is 205 g/mol. The highest BCUT2D eigenvalue weighted by Crippen LogP contribution is 2.33. The van der Waals surface area contributed by atoms with Crippen molar-refractivity contribution in [3.63, 3.8) is 0 Å². The maximum atomic E-state index is 12.7. The van der Waals surface area contributed by atoms with Crippen molar-refractivity contribution in [2.75, 3.05) is 6.54 Å². The minimum atomic E-state index is -0.546. The van der Waals surface area contributed by atoms with Crippen LogP contribution in [0.2, 0.25) is 0 Å². The maximum Gasteiger partial charge on any atom is 0.123 e. The van der Waals surface area contributed by atoms with Crippen molar-refractivity contribution < 1.29 is 9.50 Å². The average molecular weight is 221 g/mol. The molecule has 2 nitrogen and oxygen atoms in total. The number of aliphatic hydroxyl groups is 1. The first-order chi connectivity index (χ1) is 7.59. The molecule has 0 aromatic heterocycles. The van der Waals surface area contributed by atoms with Crippen LogP contribution in [0.1, 0.15) is 25.0 Å². The highest BCUT2D eigenvalue weighted by atomic mass is 19.1. The van der Waals surface area contributed by atoms with Crippen molar-refractivity contribution in [1.29, 1.82) is 0 Å². The van der Waals surface area contributed by atoms with Crippen LogP contribution in [0.25, 0.3) is 0 Å². The molecule has 2 N–H and O–H groups in total. The van der Waals surface area contributed by atoms with Gasteiger partial charge in [0.2, 0.25) is 0 Å². The summed E-state index contributed by atoms with van der Waals surface area (Å²) in [5, 5.41) is 13.2. The van der Waals surface area contributed by atoms with Crippen LogP contribution < -0.4 is 5.32 Å². The second-order valence-electron chi connectivity index (χ2n) is 4.64. The van der Waals surface area contributed by atoms with Crippen LogP contribution in [-0.2, 0) is 0 Å². The average Bonchev–Trinajstić information content (AvgIpc) is 2.65. The Morgan fingerprint density at radius 1 is 1.44 bits per heavy atom. The van der Waals surface area contributed by atoms with Crippen LogP contribution >= 0.6 is 0 Å². The van der Waals surface area contributed by atoms with E-state index in [0.717, 1.165) is 12.1 Å². The molecule has 1 heterocycles. The summed E-state index contributed by atoms with van der Waals surface area (Å²) in [7, 11) is 0. The second kappa shape index (κ2) is 4.26. The first-order valence-electron chi connectivity index (χ1n) is 5.44. The van der Waals surface area contributed by atoms with Crippen LogP contribution in [0.5, 0.6) is 0 Å². The normalized spacial score (nSPS) is 25.4. The molecule has 86 valence electrons. The SMILES string of the molecule is CC1(CC(O)c2ccc(F)cc2)C=CNC1. The molecule has 0 fully saturated rings. The van der Waals surface area contributed by atoms with E-state index in [1.54, 1.807) is 12.1 Å². The number of nitrogens with one attached hydrogen (secondary N) is 1. The first-order valence-corrected chi connectivity index (χ1v) is 5.44. The van der Waals surface area contributed by atoms with Crippen molar-refractivity contribution >= 4 is 0 Å². The van der Waals surface area contributed by atoms with Gasteiger partial charge in [0.25, 0.3) is 0 Å². The zero-order valence-electron chi connectivity index (χ0n) is 9.28. The molecule has 1 aromatic carbocycles. The monoisotopic (exact) mass is 221 g/mol. The fourth-order valence-electron chi connectivity index (χ4n) is 2.00. The van der Waals surface area contributed by atoms with Gasteiger partial charge in [0.05, 0.1) is 6.10 Å². The van der Waals surface area contributed by atoms with Crippen molar-refractivity contribution in [2.24, 2.45) is 5.41 Å². The quantitative estimate of drug-likeness (QED) is 0.821. The Balaban J connectivity index is 2.05. The lowest BCUT2D eigenvalue weighted by molar-refractivity contribution is 0.129. The fraction of sp³-hybridized carbons (Fsp3) is 0.385. The minimum Gasteiger partial charge on any atom is -0.390 e. The zero-order valence-corrected chi connectivity index (χ0v) is 9.28. The van der Waals surface area contributed by atoms with Crippen LogP contribution in [0.3, 0.4) is 0 Å². The molecule has 0 amide bonds. The smallest absolute Gasteiger partial charge is 0.123 e. The molecule has 0 spiro atoms. The van der Waals surface area contributed by atoms with Crippen molar-refractivity contribution in [2.45, 2.75) is 19.4 Å². The molecule has 1 aliphatic rings. The number of hydrogen-bond donors (Lipinski definition) is 2. The third-order valence-electron chi connectivity index (χ3n) is 3.02. The fourth-order valence-corrected chi connectivity index (χ4v) is 2.00. The van der Waals surface area contributed by atoms with Gasteiger partial charge in [-0.3, -0.25) is 0 Å². The number of halogens is 1. The Kier molecular flexibility index (Phi) is 2.97. The van der Waals surface area contributed by atoms with Crippen LogP contribution in [-0.4, -0.2) is 11.7 Å². The zero-order chi connectivity index (χ0) is 11.6. The lowest BCUT2D eigenvalue weighted by Gasteiger charge is -2.24. The standard InChI is InChI=1S/C13H16FNO/c1-13(6-7-15-9-13)8-12(16)10-2-4-11(14)5-3-10/h2-7,12,15-16H,8-9H2,1H3. The van der Waals surface area contributed by atoms with Gasteiger partial charge in [-0.05, 0) is 30.3 Å². The molecule has 1 aliphatic heterocycles. The molecule has 2 rings (SSSR count). The molecule has 0 saturated carbocycles. The number of benzene rings is 1. The molecule has 2 atom stereocenters. The summed E-state index contributed by atoms with van der Waals surface area (Å²) in [5.74, 6) is -0.274. The van der Waals surface area contributed by atoms with Gasteiger partial charge in [-0.1, -0.05) is 25.1 Å². The molecule has 0 radical (unpaired) electrons. The number of aliphatic hydroxyl groups excluding tert-OH is 1. The van der Waals surface area contributed by atoms with E-state index in [-0.39, 0.29) is 11.2 Å². The van der Waals surface area contributed by atoms with E-state index in [1.165, 1.54) is 12.1 Å². The first kappa shape index (κ1) is 11.1. The Bertz CT molecular complexity index is 387. The molecule has 3 heteroatoms. The third-order valence-corrected chi connectivity index (χ3v) is 3.02. The van der Waals surface area contributed by atoms with Crippen LogP contribution in [0.15, 0.2) is 36.5 Å². The molecule has 16 heavy (non-hydrogen) atoms. The third kappa shape index (κ3) is 2.42. The maximum absolute atomic E-state index is 12.7. The van der Waals surface area contributed by atoms with E-state index < -0.39 is 6.10 Å². The van der Waals surface area contributed by atoms with E-state index in [4.69, 9.17) is 0 Å². The highest BCUT2D eigenvalue weighted by Gasteiger charge is 2.27. The summed E-state index contributed by atoms with van der Waals surface area (Å²) < 4.78 is 12.7. The van der Waals surface area contributed by atoms with E-state index in [2.05, 4.69) is 18.3 Å². The summed E-state index contributed by atoms with van der Waals surface area (Å²) in [4.78, 5) is 0. The van der Waals surface area contributed by atoms with E-state index >= 15 is 0 Å². The molecule has 0 aliphatic carbocycles. The lowest BCUT2D eigenvalue weighted by Crippen LogP contribution is -2.23. The molecule has 0 bridgehead atoms. The predicted octanol–water partition coefficient (Wildman–Crippen LogP) is 2.37. The van der Waals surface area contributed by atoms with Gasteiger partial charge in [-0.15, -0.1) is 0 Å². The van der Waals surface area contributed by atoms with Gasteiger partial charge in [0.15, 0.2) is 0 Å². The van der Waals surface area contributed by atoms with E-state index in [0.29, 0.717) is 6.42 Å². The Morgan fingerprint density at radius 2 is 2.12 bits per heavy atom. The van der Waals surface area contributed by atoms with Gasteiger partial charge in [0, 0.05) is 12.0 Å². The Morgan fingerprint density at radius 3 is 2.69 bits per heavy atom. The Labute approximate surface area is 94.8 Å². The number of hydrogen-bond acceptors (Lipinski definition) is 2. The summed E-state index contributed by atoms with van der Waals surface area (Å²) >= 11 is 0. The van der Waals surface area contributed by atoms with Crippen molar-refractivity contribution in [3.05, 3.63) is 47.9 Å². The summed E-state index contributed by atoms with van der Waals surface area (Å²) in [5.41, 5.74) is 0.747. The van der Waals surface area contributed by atoms with Crippen molar-refractivity contribution in [3.8, 4) is 0 Å². The summed E-state index contributed by atoms with van der Waals surface area (Å²) in [6, 6.07) is 6.03. The van der Waals surface area contributed by atoms with Gasteiger partial charge >= 0.3 is 0 Å². The van der Waals surface area contributed by atoms with Gasteiger partial charge < -0.3 is 10.4 Å². The molecule has 0 saturated heterocycles. The molecular formula is C13H16FNO. The lowest BCUT2D eigenvalue weighted by atomic mass is 9.84. The minimum absolute atomic E-state index is 0.0200. The highest BCUT2D eigenvalue weighted by molar-refractivity contribution is 5.20.